The van der Waals surface area contributed by atoms with Gasteiger partial charge in [-0.3, -0.25) is 9.59 Å². The van der Waals surface area contributed by atoms with Crippen LogP contribution in [0.5, 0.6) is 0 Å². The van der Waals surface area contributed by atoms with E-state index in [9.17, 15) is 9.59 Å². The first-order valence-electron chi connectivity index (χ1n) is 4.02. The summed E-state index contributed by atoms with van der Waals surface area (Å²) in [6, 6.07) is 0. The number of carbonyl (C=O) groups is 2. The molecule has 7 nitrogen and oxygen atoms in total. The molecular formula is C7H11N3O4. The molecule has 0 aliphatic carbocycles. The van der Waals surface area contributed by atoms with Crippen molar-refractivity contribution in [1.29, 1.82) is 0 Å². The van der Waals surface area contributed by atoms with E-state index in [2.05, 4.69) is 19.5 Å². The second-order valence-electron chi connectivity index (χ2n) is 2.16. The molecule has 0 heterocycles. The zero-order valence-electron chi connectivity index (χ0n) is 7.80. The Kier molecular flexibility index (Phi) is 6.89. The van der Waals surface area contributed by atoms with E-state index in [1.54, 1.807) is 6.92 Å². The summed E-state index contributed by atoms with van der Waals surface area (Å²) in [4.78, 5) is 24.0. The van der Waals surface area contributed by atoms with Crippen molar-refractivity contribution in [2.24, 2.45) is 5.11 Å². The van der Waals surface area contributed by atoms with Gasteiger partial charge in [-0.1, -0.05) is 5.11 Å². The first-order chi connectivity index (χ1) is 6.70. The number of rotatable bonds is 6. The quantitative estimate of drug-likeness (QED) is 0.158. The maximum Gasteiger partial charge on any atom is 0.317 e. The lowest BCUT2D eigenvalue weighted by atomic mass is 10.4. The van der Waals surface area contributed by atoms with Crippen molar-refractivity contribution in [2.75, 3.05) is 19.8 Å². The Morgan fingerprint density at radius 1 is 1.36 bits per heavy atom. The summed E-state index contributed by atoms with van der Waals surface area (Å²) in [6.45, 7) is 1.91. The van der Waals surface area contributed by atoms with Gasteiger partial charge in [0.2, 0.25) is 0 Å². The molecule has 0 amide bonds. The van der Waals surface area contributed by atoms with Crippen molar-refractivity contribution in [2.45, 2.75) is 13.3 Å². The van der Waals surface area contributed by atoms with Gasteiger partial charge in [-0.05, 0) is 12.5 Å². The molecule has 0 atom stereocenters. The molecule has 0 aliphatic heterocycles. The normalized spacial score (nSPS) is 8.64. The zero-order valence-corrected chi connectivity index (χ0v) is 7.80. The SMILES string of the molecule is CCOC(=O)CC(=O)OCCN=[N+]=[N-]. The van der Waals surface area contributed by atoms with E-state index in [1.807, 2.05) is 0 Å². The minimum atomic E-state index is -0.684. The van der Waals surface area contributed by atoms with Crippen LogP contribution in [0.3, 0.4) is 0 Å². The van der Waals surface area contributed by atoms with Crippen molar-refractivity contribution in [3.63, 3.8) is 0 Å². The highest BCUT2D eigenvalue weighted by atomic mass is 16.6. The van der Waals surface area contributed by atoms with Gasteiger partial charge in [-0.25, -0.2) is 0 Å². The molecule has 0 radical (unpaired) electrons. The highest BCUT2D eigenvalue weighted by Gasteiger charge is 2.10. The van der Waals surface area contributed by atoms with Crippen molar-refractivity contribution >= 4 is 11.9 Å². The van der Waals surface area contributed by atoms with Gasteiger partial charge in [0.1, 0.15) is 6.42 Å². The predicted octanol–water partition coefficient (Wildman–Crippen LogP) is 0.793. The molecule has 0 aromatic carbocycles. The lowest BCUT2D eigenvalue weighted by Gasteiger charge is -2.02. The highest BCUT2D eigenvalue weighted by Crippen LogP contribution is 1.90. The molecule has 0 bridgehead atoms. The summed E-state index contributed by atoms with van der Waals surface area (Å²) in [7, 11) is 0. The third-order valence-corrected chi connectivity index (χ3v) is 1.11. The van der Waals surface area contributed by atoms with E-state index < -0.39 is 18.4 Å². The Hall–Kier alpha value is -1.75. The minimum Gasteiger partial charge on any atom is -0.466 e. The van der Waals surface area contributed by atoms with Gasteiger partial charge in [-0.2, -0.15) is 0 Å². The first-order valence-corrected chi connectivity index (χ1v) is 4.02. The van der Waals surface area contributed by atoms with E-state index in [0.717, 1.165) is 0 Å². The molecule has 7 heteroatoms. The summed E-state index contributed by atoms with van der Waals surface area (Å²) in [6.07, 6.45) is -0.413. The van der Waals surface area contributed by atoms with E-state index in [4.69, 9.17) is 5.53 Å². The standard InChI is InChI=1S/C7H11N3O4/c1-2-13-6(11)5-7(12)14-4-3-9-10-8/h2-5H2,1H3. The van der Waals surface area contributed by atoms with Crippen LogP contribution in [0.15, 0.2) is 5.11 Å². The lowest BCUT2D eigenvalue weighted by molar-refractivity contribution is -0.154. The number of hydrogen-bond donors (Lipinski definition) is 0. The van der Waals surface area contributed by atoms with Crippen LogP contribution < -0.4 is 0 Å². The monoisotopic (exact) mass is 201 g/mol. The molecule has 0 aromatic heterocycles. The molecule has 0 N–H and O–H groups in total. The van der Waals surface area contributed by atoms with E-state index >= 15 is 0 Å². The average molecular weight is 201 g/mol. The molecule has 14 heavy (non-hydrogen) atoms. The number of hydrogen-bond acceptors (Lipinski definition) is 5. The summed E-state index contributed by atoms with van der Waals surface area (Å²) in [5.41, 5.74) is 7.89. The Balaban J connectivity index is 3.54. The van der Waals surface area contributed by atoms with Crippen molar-refractivity contribution < 1.29 is 19.1 Å². The zero-order chi connectivity index (χ0) is 10.8. The third-order valence-electron chi connectivity index (χ3n) is 1.11. The summed E-state index contributed by atoms with van der Waals surface area (Å²) in [5, 5.41) is 3.15. The third kappa shape index (κ3) is 6.93. The minimum absolute atomic E-state index is 0.0255. The molecule has 0 saturated heterocycles. The topological polar surface area (TPSA) is 101 Å². The largest absolute Gasteiger partial charge is 0.466 e. The number of ether oxygens (including phenoxy) is 2. The van der Waals surface area contributed by atoms with Gasteiger partial charge in [0.15, 0.2) is 0 Å². The predicted molar refractivity (Wildman–Crippen MR) is 46.2 cm³/mol. The number of nitrogens with zero attached hydrogens (tertiary/aromatic N) is 3. The van der Waals surface area contributed by atoms with Crippen LogP contribution in [0.1, 0.15) is 13.3 Å². The summed E-state index contributed by atoms with van der Waals surface area (Å²) in [5.74, 6) is -1.31. The van der Waals surface area contributed by atoms with Crippen LogP contribution in [0.4, 0.5) is 0 Å². The Morgan fingerprint density at radius 2 is 2.00 bits per heavy atom. The lowest BCUT2D eigenvalue weighted by Crippen LogP contribution is -2.15. The maximum atomic E-state index is 10.8. The van der Waals surface area contributed by atoms with Crippen LogP contribution in [-0.2, 0) is 19.1 Å². The van der Waals surface area contributed by atoms with Gasteiger partial charge in [0.25, 0.3) is 0 Å². The van der Waals surface area contributed by atoms with Crippen molar-refractivity contribution in [3.8, 4) is 0 Å². The van der Waals surface area contributed by atoms with Gasteiger partial charge >= 0.3 is 11.9 Å². The van der Waals surface area contributed by atoms with Gasteiger partial charge in [0.05, 0.1) is 19.8 Å². The molecule has 0 spiro atoms. The Labute approximate surface area is 80.6 Å². The van der Waals surface area contributed by atoms with Crippen LogP contribution in [-0.4, -0.2) is 31.7 Å². The number of azide groups is 1. The van der Waals surface area contributed by atoms with E-state index in [-0.39, 0.29) is 19.8 Å². The first kappa shape index (κ1) is 12.2. The van der Waals surface area contributed by atoms with E-state index in [1.165, 1.54) is 0 Å². The van der Waals surface area contributed by atoms with Crippen LogP contribution in [0, 0.1) is 0 Å². The molecule has 0 rings (SSSR count). The summed E-state index contributed by atoms with van der Waals surface area (Å²) < 4.78 is 9.07. The molecular weight excluding hydrogens is 190 g/mol. The molecule has 0 fully saturated rings. The Morgan fingerprint density at radius 3 is 2.57 bits per heavy atom. The second kappa shape index (κ2) is 7.88. The second-order valence-corrected chi connectivity index (χ2v) is 2.16. The molecule has 0 unspecified atom stereocenters. The van der Waals surface area contributed by atoms with Crippen molar-refractivity contribution in [3.05, 3.63) is 10.4 Å². The molecule has 78 valence electrons. The fourth-order valence-corrected chi connectivity index (χ4v) is 0.626. The van der Waals surface area contributed by atoms with Crippen LogP contribution in [0.2, 0.25) is 0 Å². The van der Waals surface area contributed by atoms with Crippen LogP contribution in [0.25, 0.3) is 10.4 Å². The molecule has 0 aliphatic rings. The fraction of sp³-hybridized carbons (Fsp3) is 0.714. The average Bonchev–Trinajstić information content (AvgIpc) is 2.13. The van der Waals surface area contributed by atoms with E-state index in [0.29, 0.717) is 0 Å². The van der Waals surface area contributed by atoms with Crippen molar-refractivity contribution in [1.82, 2.24) is 0 Å². The van der Waals surface area contributed by atoms with Gasteiger partial charge in [-0.15, -0.1) is 0 Å². The number of carbonyl (C=O) groups excluding carboxylic acids is 2. The van der Waals surface area contributed by atoms with Gasteiger partial charge in [0, 0.05) is 4.91 Å². The smallest absolute Gasteiger partial charge is 0.317 e. The highest BCUT2D eigenvalue weighted by molar-refractivity contribution is 5.91. The van der Waals surface area contributed by atoms with Crippen LogP contribution >= 0.6 is 0 Å². The van der Waals surface area contributed by atoms with Gasteiger partial charge < -0.3 is 9.47 Å². The molecule has 0 aromatic rings. The summed E-state index contributed by atoms with van der Waals surface area (Å²) >= 11 is 0. The number of esters is 2. The molecule has 0 saturated carbocycles. The fourth-order valence-electron chi connectivity index (χ4n) is 0.626. The maximum absolute atomic E-state index is 10.8. The Bertz CT molecular complexity index is 247.